The average Bonchev–Trinajstić information content (AvgIpc) is 0.857. The van der Waals surface area contributed by atoms with Crippen LogP contribution in [0.5, 0.6) is 0 Å². The third-order valence-corrected chi connectivity index (χ3v) is 19.0. The Morgan fingerprint density at radius 3 is 0.723 bits per heavy atom. The Morgan fingerprint density at radius 2 is 0.487 bits per heavy atom. The number of ether oxygens (including phenoxy) is 1. The van der Waals surface area contributed by atoms with Gasteiger partial charge in [0.2, 0.25) is 28.2 Å². The fourth-order valence-electron chi connectivity index (χ4n) is 11.6. The summed E-state index contributed by atoms with van der Waals surface area (Å²) < 4.78 is 4.77. The largest absolute Gasteiger partial charge is 0.399 e. The van der Waals surface area contributed by atoms with Crippen LogP contribution in [0.15, 0.2) is 219 Å². The number of hydrogen-bond donors (Lipinski definition) is 6. The van der Waals surface area contributed by atoms with Crippen LogP contribution in [-0.4, -0.2) is 59.3 Å². The van der Waals surface area contributed by atoms with Crippen LogP contribution < -0.4 is 33.2 Å². The molecule has 6 aromatic carbocycles. The molecule has 0 bridgehead atoms. The molecule has 0 unspecified atom stereocenters. The Bertz CT molecular complexity index is 3800. The molecule has 0 spiro atoms. The van der Waals surface area contributed by atoms with E-state index in [0.717, 1.165) is 135 Å². The third-order valence-electron chi connectivity index (χ3n) is 18.6. The minimum Gasteiger partial charge on any atom is -0.399 e. The van der Waals surface area contributed by atoms with Crippen molar-refractivity contribution < 1.29 is 43.1 Å². The molecule has 0 radical (unpaired) electrons. The van der Waals surface area contributed by atoms with Crippen LogP contribution in [0.2, 0.25) is 0 Å². The number of rotatable bonds is 55. The molecule has 6 aromatic rings. The lowest BCUT2D eigenvalue weighted by molar-refractivity contribution is -0.117. The predicted octanol–water partition coefficient (Wildman–Crippen LogP) is 28.0. The van der Waals surface area contributed by atoms with Crippen LogP contribution in [0.1, 0.15) is 334 Å². The summed E-state index contributed by atoms with van der Waals surface area (Å²) in [4.78, 5) is 94.6. The molecule has 0 aliphatic carbocycles. The van der Waals surface area contributed by atoms with Crippen LogP contribution in [0.25, 0.3) is 0 Å². The number of carbonyl (C=O) groups is 8. The second-order valence-corrected chi connectivity index (χ2v) is 29.9. The number of unbranched alkanes of at least 4 members (excludes halogenated alkanes) is 22. The lowest BCUT2D eigenvalue weighted by atomic mass is 10.0. The van der Waals surface area contributed by atoms with Crippen molar-refractivity contribution in [1.29, 1.82) is 0 Å². The van der Waals surface area contributed by atoms with Gasteiger partial charge >= 0.3 is 0 Å². The summed E-state index contributed by atoms with van der Waals surface area (Å²) in [5.41, 5.74) is 24.3. The van der Waals surface area contributed by atoms with Gasteiger partial charge in [0.15, 0.2) is 17.3 Å². The molecule has 15 nitrogen and oxygen atoms in total. The molecule has 0 fully saturated rings. The van der Waals surface area contributed by atoms with Crippen molar-refractivity contribution in [2.24, 2.45) is 0 Å². The van der Waals surface area contributed by atoms with Gasteiger partial charge in [-0.1, -0.05) is 212 Å². The number of benzene rings is 6. The molecule has 0 saturated heterocycles. The van der Waals surface area contributed by atoms with Crippen LogP contribution >= 0.6 is 23.2 Å². The van der Waals surface area contributed by atoms with Crippen LogP contribution in [-0.2, 0) is 28.7 Å². The van der Waals surface area contributed by atoms with E-state index >= 15 is 0 Å². The van der Waals surface area contributed by atoms with E-state index in [1.165, 1.54) is 77.0 Å². The maximum atomic E-state index is 12.9. The highest BCUT2D eigenvalue weighted by molar-refractivity contribution is 6.63. The molecule has 0 saturated carbocycles. The van der Waals surface area contributed by atoms with Crippen molar-refractivity contribution in [3.63, 3.8) is 0 Å². The second kappa shape index (κ2) is 74.7. The molecule has 3 amide bonds. The monoisotopic (exact) mass is 1670 g/mol. The molecule has 0 atom stereocenters. The van der Waals surface area contributed by atoms with Gasteiger partial charge in [0.05, 0.1) is 0 Å². The maximum Gasteiger partial charge on any atom is 0.224 e. The fourth-order valence-corrected chi connectivity index (χ4v) is 11.8. The quantitative estimate of drug-likeness (QED) is 0.00685. The van der Waals surface area contributed by atoms with Crippen LogP contribution in [0.3, 0.4) is 0 Å². The van der Waals surface area contributed by atoms with E-state index in [-0.39, 0.29) is 60.4 Å². The number of allylic oxidation sites excluding steroid dienone is 12. The van der Waals surface area contributed by atoms with Crippen molar-refractivity contribution in [2.75, 3.05) is 46.9 Å². The lowest BCUT2D eigenvalue weighted by Gasteiger charge is -2.08. The normalized spacial score (nSPS) is 10.8. The second-order valence-electron chi connectivity index (χ2n) is 29.0. The van der Waals surface area contributed by atoms with E-state index in [0.29, 0.717) is 106 Å². The lowest BCUT2D eigenvalue weighted by Crippen LogP contribution is -2.11. The number of nitrogens with two attached hydrogens (primary N) is 3. The number of hydrogen-bond acceptors (Lipinski definition) is 12. The Kier molecular flexibility index (Phi) is 68.7. The average molecular weight is 1670 g/mol. The highest BCUT2D eigenvalue weighted by atomic mass is 35.5. The zero-order valence-electron chi connectivity index (χ0n) is 71.0. The number of methoxy groups -OCH3 is 1. The predicted molar refractivity (Wildman–Crippen MR) is 508 cm³/mol. The zero-order chi connectivity index (χ0) is 85.4. The molecular formula is C102H146Cl2N6O9. The van der Waals surface area contributed by atoms with Crippen LogP contribution in [0, 0.1) is 0 Å². The van der Waals surface area contributed by atoms with Crippen molar-refractivity contribution in [2.45, 2.75) is 287 Å². The summed E-state index contributed by atoms with van der Waals surface area (Å²) in [6.45, 7) is 9.51. The van der Waals surface area contributed by atoms with E-state index in [2.05, 4.69) is 117 Å². The van der Waals surface area contributed by atoms with Gasteiger partial charge < -0.3 is 37.9 Å². The van der Waals surface area contributed by atoms with E-state index in [1.807, 2.05) is 0 Å². The number of carbonyl (C=O) groups excluding carboxylic acids is 8. The molecule has 17 heteroatoms. The highest BCUT2D eigenvalue weighted by Gasteiger charge is 2.14. The number of nitrogen functional groups attached to an aromatic ring is 3. The van der Waals surface area contributed by atoms with E-state index in [1.54, 1.807) is 153 Å². The smallest absolute Gasteiger partial charge is 0.224 e. The number of halogens is 2. The van der Waals surface area contributed by atoms with Gasteiger partial charge in [-0.3, -0.25) is 38.4 Å². The Balaban J connectivity index is 0.00000158. The van der Waals surface area contributed by atoms with Crippen molar-refractivity contribution in [3.05, 3.63) is 252 Å². The Labute approximate surface area is 726 Å². The summed E-state index contributed by atoms with van der Waals surface area (Å²) in [7, 11) is 1.64. The van der Waals surface area contributed by atoms with Crippen molar-refractivity contribution in [3.8, 4) is 0 Å². The summed E-state index contributed by atoms with van der Waals surface area (Å²) in [6.07, 6.45) is 66.2. The van der Waals surface area contributed by atoms with Gasteiger partial charge in [0.1, 0.15) is 0 Å². The van der Waals surface area contributed by atoms with E-state index in [4.69, 9.17) is 45.1 Å². The first-order chi connectivity index (χ1) is 56.8. The van der Waals surface area contributed by atoms with Gasteiger partial charge in [-0.25, -0.2) is 0 Å². The first kappa shape index (κ1) is 109. The minimum absolute atomic E-state index is 0. The van der Waals surface area contributed by atoms with Gasteiger partial charge in [-0.2, -0.15) is 0 Å². The highest BCUT2D eigenvalue weighted by Crippen LogP contribution is 2.21. The first-order valence-electron chi connectivity index (χ1n) is 43.0. The van der Waals surface area contributed by atoms with E-state index < -0.39 is 0 Å². The fraction of sp³-hybridized carbons (Fsp3) is 0.451. The molecule has 652 valence electrons. The van der Waals surface area contributed by atoms with Crippen molar-refractivity contribution in [1.82, 2.24) is 0 Å². The summed E-state index contributed by atoms with van der Waals surface area (Å²) >= 11 is 10.3. The summed E-state index contributed by atoms with van der Waals surface area (Å²) in [5, 5.41) is 8.28. The number of ketones is 3. The molecule has 0 aromatic heterocycles. The topological polar surface area (TPSA) is 260 Å². The Hall–Kier alpha value is -9.54. The molecule has 6 rings (SSSR count). The standard InChI is InChI=1S/C36H50N2O3.C29H38N2O2.C16H27ClO.C13H12N2O.C6H11ClO2.2CH4/c1-3-5-7-9-10-11-12-13-14-15-16-17-19-21-35(40)38-33-28-24-31(25-29-33)36(41)30-22-26-32(27-23-30)37-34(39)20-18-8-6-4-2;1-2-3-4-5-6-7-8-9-10-11-12-13-14-15-28(32)31-27-22-18-25(19-23-27)29(33)24-16-20-26(30)21-17-24;1-2-3-4-5-6-7-8-9-10-11-12-13-14-15-16(17)18;14-11-5-1-9(2-6-11)13(16)10-3-7-12(15)8-4-10;1-9-5-3-2-4-6(7)8;;/h9-10,12-13,22-29H,3-8,11,14-21H2,1-2H3,(H,37,39)(H,38,40);5-6,8-9,16-23H,2-4,7,10-15,30H2,1H3,(H,31,32);5-6,8-9H,2-4,7,10-15H2,1H3;1-8H,14-15H2;2-5H2,1H3;2*1H4/b10-9+,13-12+;2*6-5+,9-8+;;;;. The zero-order valence-corrected chi connectivity index (χ0v) is 72.5. The van der Waals surface area contributed by atoms with Crippen LogP contribution in [0.4, 0.5) is 34.1 Å². The van der Waals surface area contributed by atoms with Gasteiger partial charge in [0, 0.05) is 113 Å². The first-order valence-corrected chi connectivity index (χ1v) is 43.8. The Morgan fingerprint density at radius 1 is 0.277 bits per heavy atom. The molecular weight excluding hydrogens is 1520 g/mol. The molecule has 119 heavy (non-hydrogen) atoms. The summed E-state index contributed by atoms with van der Waals surface area (Å²) in [5.74, 6) is -0.170. The summed E-state index contributed by atoms with van der Waals surface area (Å²) in [6, 6.07) is 41.6. The van der Waals surface area contributed by atoms with Crippen molar-refractivity contribution >= 4 is 103 Å². The number of nitrogens with one attached hydrogen (secondary N) is 3. The molecule has 0 aliphatic heterocycles. The minimum atomic E-state index is -0.258. The SMILES string of the molecule is C.C.CCCC/C=C/C/C=C/CCCCCCC(=O)Cl.CCCC/C=C/C/C=C/CCCCCCC(=O)Nc1ccc(C(=O)c2ccc(N)cc2)cc1.CCCC/C=C/C/C=C/CCCCCCC(=O)Nc1ccc(C(=O)c2ccc(NC(=O)CCCCCC)cc2)cc1.COCCCCC(=O)Cl.Nc1ccc(C(=O)c2ccc(N)cc2)cc1. The van der Waals surface area contributed by atoms with Gasteiger partial charge in [0.25, 0.3) is 0 Å². The van der Waals surface area contributed by atoms with E-state index in [9.17, 15) is 38.4 Å². The number of anilines is 6. The molecule has 0 heterocycles. The maximum absolute atomic E-state index is 12.9. The molecule has 0 aliphatic rings. The van der Waals surface area contributed by atoms with Gasteiger partial charge in [-0.15, -0.1) is 0 Å². The van der Waals surface area contributed by atoms with Gasteiger partial charge in [-0.05, 0) is 284 Å². The number of amides is 3. The molecule has 9 N–H and O–H groups in total. The third kappa shape index (κ3) is 59.7.